The molecule has 2 rings (SSSR count). The van der Waals surface area contributed by atoms with Gasteiger partial charge in [-0.1, -0.05) is 0 Å². The molecule has 0 bridgehead atoms. The zero-order chi connectivity index (χ0) is 14.0. The lowest BCUT2D eigenvalue weighted by Gasteiger charge is -2.02. The zero-order valence-electron chi connectivity index (χ0n) is 9.23. The summed E-state index contributed by atoms with van der Waals surface area (Å²) in [5.74, 6) is -0.129. The lowest BCUT2D eigenvalue weighted by Crippen LogP contribution is -2.09. The largest absolute Gasteiger partial charge is 0.383 e. The van der Waals surface area contributed by atoms with Gasteiger partial charge in [-0.3, -0.25) is 14.9 Å². The highest BCUT2D eigenvalue weighted by atomic mass is 32.2. The second-order valence-electron chi connectivity index (χ2n) is 3.25. The predicted octanol–water partition coefficient (Wildman–Crippen LogP) is -0.216. The number of nitrogen functional groups attached to an aromatic ring is 2. The van der Waals surface area contributed by atoms with Crippen LogP contribution in [0.25, 0.3) is 0 Å². The minimum absolute atomic E-state index is 0.00377. The van der Waals surface area contributed by atoms with E-state index in [1.54, 1.807) is 0 Å². The Hall–Kier alpha value is -2.69. The van der Waals surface area contributed by atoms with Crippen LogP contribution in [0.2, 0.25) is 0 Å². The Balaban J connectivity index is 2.45. The van der Waals surface area contributed by atoms with Gasteiger partial charge in [-0.25, -0.2) is 9.97 Å². The number of nitrogens with one attached hydrogen (secondary N) is 1. The average molecular weight is 281 g/mol. The minimum atomic E-state index is -0.661. The Morgan fingerprint density at radius 1 is 1.37 bits per heavy atom. The van der Waals surface area contributed by atoms with E-state index in [0.717, 1.165) is 24.0 Å². The molecule has 2 aromatic heterocycles. The second kappa shape index (κ2) is 4.89. The maximum Gasteiger partial charge on any atom is 0.320 e. The van der Waals surface area contributed by atoms with Gasteiger partial charge in [-0.15, -0.1) is 0 Å². The van der Waals surface area contributed by atoms with Crippen molar-refractivity contribution >= 4 is 29.2 Å². The van der Waals surface area contributed by atoms with Crippen molar-refractivity contribution in [3.8, 4) is 0 Å². The van der Waals surface area contributed by atoms with Gasteiger partial charge in [-0.2, -0.15) is 4.98 Å². The molecule has 10 nitrogen and oxygen atoms in total. The molecule has 0 saturated heterocycles. The first kappa shape index (κ1) is 12.8. The number of rotatable bonds is 3. The number of nitro groups is 1. The summed E-state index contributed by atoms with van der Waals surface area (Å²) < 4.78 is 0. The van der Waals surface area contributed by atoms with Crippen LogP contribution >= 0.6 is 11.8 Å². The van der Waals surface area contributed by atoms with Gasteiger partial charge in [0.25, 0.3) is 5.56 Å². The normalized spacial score (nSPS) is 10.3. The van der Waals surface area contributed by atoms with Crippen LogP contribution in [-0.2, 0) is 0 Å². The molecular formula is C8H7N7O3S. The summed E-state index contributed by atoms with van der Waals surface area (Å²) >= 11 is 0.766. The lowest BCUT2D eigenvalue weighted by molar-refractivity contribution is -0.388. The van der Waals surface area contributed by atoms with E-state index in [1.807, 2.05) is 0 Å². The Morgan fingerprint density at radius 3 is 2.74 bits per heavy atom. The van der Waals surface area contributed by atoms with Crippen LogP contribution in [0.15, 0.2) is 27.2 Å². The molecule has 0 aliphatic carbocycles. The molecule has 2 aromatic rings. The van der Waals surface area contributed by atoms with Gasteiger partial charge in [0.05, 0.1) is 4.92 Å². The van der Waals surface area contributed by atoms with Gasteiger partial charge in [0.2, 0.25) is 5.95 Å². The fourth-order valence-corrected chi connectivity index (χ4v) is 2.02. The first-order valence-corrected chi connectivity index (χ1v) is 5.59. The van der Waals surface area contributed by atoms with Crippen LogP contribution in [-0.4, -0.2) is 24.9 Å². The van der Waals surface area contributed by atoms with Gasteiger partial charge in [0.1, 0.15) is 12.0 Å². The van der Waals surface area contributed by atoms with Crippen molar-refractivity contribution in [2.24, 2.45) is 0 Å². The van der Waals surface area contributed by atoms with E-state index in [4.69, 9.17) is 11.5 Å². The summed E-state index contributed by atoms with van der Waals surface area (Å²) in [6.45, 7) is 0. The molecule has 98 valence electrons. The molecule has 0 unspecified atom stereocenters. The van der Waals surface area contributed by atoms with Crippen LogP contribution in [0, 0.1) is 10.1 Å². The second-order valence-corrected chi connectivity index (χ2v) is 4.23. The van der Waals surface area contributed by atoms with E-state index in [9.17, 15) is 14.9 Å². The molecule has 0 amide bonds. The average Bonchev–Trinajstić information content (AvgIpc) is 2.26. The van der Waals surface area contributed by atoms with E-state index in [2.05, 4.69) is 19.9 Å². The minimum Gasteiger partial charge on any atom is -0.383 e. The fourth-order valence-electron chi connectivity index (χ4n) is 1.17. The highest BCUT2D eigenvalue weighted by molar-refractivity contribution is 7.99. The molecule has 0 saturated carbocycles. The Morgan fingerprint density at radius 2 is 2.11 bits per heavy atom. The third kappa shape index (κ3) is 2.95. The van der Waals surface area contributed by atoms with Crippen molar-refractivity contribution in [2.45, 2.75) is 10.2 Å². The third-order valence-electron chi connectivity index (χ3n) is 1.88. The Bertz CT molecular complexity index is 701. The quantitative estimate of drug-likeness (QED) is 0.298. The summed E-state index contributed by atoms with van der Waals surface area (Å²) in [6.07, 6.45) is 0.981. The van der Waals surface area contributed by atoms with Crippen molar-refractivity contribution in [1.82, 2.24) is 19.9 Å². The highest BCUT2D eigenvalue weighted by Gasteiger charge is 2.19. The van der Waals surface area contributed by atoms with Crippen LogP contribution in [0.1, 0.15) is 0 Å². The standard InChI is InChI=1S/C8H7N7O3S/c9-4-1-5(16)13-8(12-4)19-6-3(15(17)18)2-11-7(10)14-6/h1-2H,(H2,10,11,14)(H3,9,12,13,16). The number of nitrogens with two attached hydrogens (primary N) is 2. The number of hydrogen-bond acceptors (Lipinski definition) is 9. The van der Waals surface area contributed by atoms with Crippen LogP contribution in [0.5, 0.6) is 0 Å². The summed E-state index contributed by atoms with van der Waals surface area (Å²) in [7, 11) is 0. The molecule has 0 spiro atoms. The van der Waals surface area contributed by atoms with Gasteiger partial charge >= 0.3 is 5.69 Å². The van der Waals surface area contributed by atoms with E-state index < -0.39 is 10.5 Å². The molecule has 11 heteroatoms. The van der Waals surface area contributed by atoms with Crippen LogP contribution in [0.3, 0.4) is 0 Å². The SMILES string of the molecule is Nc1cc(=O)[nH]c(Sc2nc(N)ncc2[N+](=O)[O-])n1. The summed E-state index contributed by atoms with van der Waals surface area (Å²) in [5.41, 5.74) is 9.96. The van der Waals surface area contributed by atoms with Crippen LogP contribution < -0.4 is 17.0 Å². The van der Waals surface area contributed by atoms with Gasteiger partial charge in [0.15, 0.2) is 10.2 Å². The van der Waals surface area contributed by atoms with E-state index in [0.29, 0.717) is 0 Å². The number of nitrogens with zero attached hydrogens (tertiary/aromatic N) is 4. The van der Waals surface area contributed by atoms with Crippen molar-refractivity contribution in [2.75, 3.05) is 11.5 Å². The van der Waals surface area contributed by atoms with E-state index in [1.165, 1.54) is 0 Å². The topological polar surface area (TPSA) is 167 Å². The molecule has 0 atom stereocenters. The highest BCUT2D eigenvalue weighted by Crippen LogP contribution is 2.30. The number of aromatic amines is 1. The number of H-pyrrole nitrogens is 1. The summed E-state index contributed by atoms with van der Waals surface area (Å²) in [6, 6.07) is 1.09. The molecule has 0 fully saturated rings. The van der Waals surface area contributed by atoms with Crippen molar-refractivity contribution in [3.63, 3.8) is 0 Å². The monoisotopic (exact) mass is 281 g/mol. The number of hydrogen-bond donors (Lipinski definition) is 3. The molecule has 0 aromatic carbocycles. The van der Waals surface area contributed by atoms with Crippen molar-refractivity contribution < 1.29 is 4.92 Å². The number of aromatic nitrogens is 4. The van der Waals surface area contributed by atoms with E-state index >= 15 is 0 Å². The number of anilines is 2. The van der Waals surface area contributed by atoms with E-state index in [-0.39, 0.29) is 27.6 Å². The summed E-state index contributed by atoms with van der Waals surface area (Å²) in [5, 5.41) is 10.9. The van der Waals surface area contributed by atoms with Crippen molar-refractivity contribution in [1.29, 1.82) is 0 Å². The van der Waals surface area contributed by atoms with Gasteiger partial charge < -0.3 is 16.5 Å². The molecule has 0 aliphatic rings. The first-order valence-electron chi connectivity index (χ1n) is 4.77. The molecule has 2 heterocycles. The third-order valence-corrected chi connectivity index (χ3v) is 2.76. The maximum absolute atomic E-state index is 11.2. The summed E-state index contributed by atoms with van der Waals surface area (Å²) in [4.78, 5) is 34.8. The Labute approximate surface area is 109 Å². The van der Waals surface area contributed by atoms with Gasteiger partial charge in [-0.05, 0) is 11.8 Å². The predicted molar refractivity (Wildman–Crippen MR) is 66.5 cm³/mol. The smallest absolute Gasteiger partial charge is 0.320 e. The van der Waals surface area contributed by atoms with Gasteiger partial charge in [0, 0.05) is 6.07 Å². The maximum atomic E-state index is 11.2. The first-order chi connectivity index (χ1) is 8.95. The zero-order valence-corrected chi connectivity index (χ0v) is 10.0. The van der Waals surface area contributed by atoms with Crippen LogP contribution in [0.4, 0.5) is 17.5 Å². The molecular weight excluding hydrogens is 274 g/mol. The molecule has 0 radical (unpaired) electrons. The molecule has 0 aliphatic heterocycles. The van der Waals surface area contributed by atoms with Crippen molar-refractivity contribution in [3.05, 3.63) is 32.7 Å². The lowest BCUT2D eigenvalue weighted by atomic mass is 10.5. The molecule has 19 heavy (non-hydrogen) atoms. The molecule has 5 N–H and O–H groups in total. The Kier molecular flexibility index (Phi) is 3.29. The fraction of sp³-hybridized carbons (Fsp3) is 0.